The van der Waals surface area contributed by atoms with Gasteiger partial charge in [0.2, 0.25) is 0 Å². The van der Waals surface area contributed by atoms with Gasteiger partial charge in [0.25, 0.3) is 0 Å². The molecular formula is C19H19N3O2. The maximum Gasteiger partial charge on any atom is 0.326 e. The van der Waals surface area contributed by atoms with Crippen molar-refractivity contribution in [3.8, 4) is 0 Å². The number of carboxylic acids is 1. The number of carboxylic acid groups (broad SMARTS) is 1. The van der Waals surface area contributed by atoms with Crippen LogP contribution in [0.1, 0.15) is 11.1 Å². The van der Waals surface area contributed by atoms with E-state index in [4.69, 9.17) is 0 Å². The zero-order chi connectivity index (χ0) is 16.8. The lowest BCUT2D eigenvalue weighted by Gasteiger charge is -2.16. The Hall–Kier alpha value is -3.08. The number of imidazole rings is 1. The maximum absolute atomic E-state index is 11.6. The lowest BCUT2D eigenvalue weighted by Crippen LogP contribution is -2.31. The molecule has 0 spiro atoms. The van der Waals surface area contributed by atoms with Gasteiger partial charge in [-0.05, 0) is 23.3 Å². The molecule has 1 aromatic heterocycles. The van der Waals surface area contributed by atoms with E-state index in [-0.39, 0.29) is 0 Å². The van der Waals surface area contributed by atoms with Crippen molar-refractivity contribution in [1.29, 1.82) is 0 Å². The summed E-state index contributed by atoms with van der Waals surface area (Å²) in [7, 11) is 0. The van der Waals surface area contributed by atoms with Gasteiger partial charge >= 0.3 is 5.97 Å². The molecule has 5 nitrogen and oxygen atoms in total. The minimum Gasteiger partial charge on any atom is -0.480 e. The highest BCUT2D eigenvalue weighted by Crippen LogP contribution is 2.15. The molecule has 24 heavy (non-hydrogen) atoms. The summed E-state index contributed by atoms with van der Waals surface area (Å²) in [6.07, 6.45) is 5.83. The van der Waals surface area contributed by atoms with Gasteiger partial charge in [0.15, 0.2) is 0 Å². The number of nitrogens with zero attached hydrogens (tertiary/aromatic N) is 2. The van der Waals surface area contributed by atoms with Crippen LogP contribution in [0.5, 0.6) is 0 Å². The van der Waals surface area contributed by atoms with E-state index in [2.05, 4.69) is 10.3 Å². The van der Waals surface area contributed by atoms with E-state index in [0.29, 0.717) is 13.0 Å². The lowest BCUT2D eigenvalue weighted by atomic mass is 10.1. The van der Waals surface area contributed by atoms with Gasteiger partial charge in [-0.15, -0.1) is 0 Å². The van der Waals surface area contributed by atoms with Crippen molar-refractivity contribution in [3.63, 3.8) is 0 Å². The highest BCUT2D eigenvalue weighted by molar-refractivity contribution is 5.77. The van der Waals surface area contributed by atoms with Crippen LogP contribution in [-0.4, -0.2) is 26.7 Å². The maximum atomic E-state index is 11.6. The summed E-state index contributed by atoms with van der Waals surface area (Å²) in [6, 6.07) is 16.8. The zero-order valence-corrected chi connectivity index (χ0v) is 13.2. The molecule has 2 N–H and O–H groups in total. The third-order valence-corrected chi connectivity index (χ3v) is 3.77. The summed E-state index contributed by atoms with van der Waals surface area (Å²) in [6.45, 7) is 0.700. The van der Waals surface area contributed by atoms with Gasteiger partial charge in [-0.2, -0.15) is 0 Å². The Labute approximate surface area is 140 Å². The van der Waals surface area contributed by atoms with Crippen molar-refractivity contribution in [3.05, 3.63) is 84.4 Å². The highest BCUT2D eigenvalue weighted by Gasteiger charge is 2.17. The van der Waals surface area contributed by atoms with Crippen LogP contribution in [0.2, 0.25) is 0 Å². The molecule has 1 atom stereocenters. The van der Waals surface area contributed by atoms with Crippen LogP contribution in [0.15, 0.2) is 73.3 Å². The number of carbonyl (C=O) groups is 1. The van der Waals surface area contributed by atoms with E-state index >= 15 is 0 Å². The summed E-state index contributed by atoms with van der Waals surface area (Å²) >= 11 is 0. The van der Waals surface area contributed by atoms with Gasteiger partial charge in [-0.1, -0.05) is 42.5 Å². The lowest BCUT2D eigenvalue weighted by molar-refractivity contribution is -0.137. The monoisotopic (exact) mass is 321 g/mol. The molecule has 3 rings (SSSR count). The molecule has 122 valence electrons. The molecule has 0 radical (unpaired) electrons. The second-order valence-corrected chi connectivity index (χ2v) is 5.66. The summed E-state index contributed by atoms with van der Waals surface area (Å²) in [5, 5.41) is 12.6. The fourth-order valence-corrected chi connectivity index (χ4v) is 2.60. The number of aromatic nitrogens is 2. The molecule has 0 aliphatic heterocycles. The smallest absolute Gasteiger partial charge is 0.326 e. The van der Waals surface area contributed by atoms with Gasteiger partial charge in [0.05, 0.1) is 6.33 Å². The average Bonchev–Trinajstić information content (AvgIpc) is 3.08. The Kier molecular flexibility index (Phi) is 4.91. The zero-order valence-electron chi connectivity index (χ0n) is 13.2. The highest BCUT2D eigenvalue weighted by atomic mass is 16.4. The third-order valence-electron chi connectivity index (χ3n) is 3.77. The average molecular weight is 321 g/mol. The first-order chi connectivity index (χ1) is 11.7. The third kappa shape index (κ3) is 4.23. The van der Waals surface area contributed by atoms with E-state index < -0.39 is 12.0 Å². The minimum atomic E-state index is -0.862. The number of hydrogen-bond acceptors (Lipinski definition) is 3. The number of aliphatic carboxylic acids is 1. The standard InChI is InChI=1S/C19H19N3O2/c23-19(24)18(12-15-5-2-1-3-6-15)21-17-8-4-7-16(11-17)13-22-10-9-20-14-22/h1-11,14,18,21H,12-13H2,(H,23,24)/t18-/m0/s1. The summed E-state index contributed by atoms with van der Waals surface area (Å²) < 4.78 is 1.97. The molecule has 2 aromatic carbocycles. The van der Waals surface area contributed by atoms with E-state index in [1.54, 1.807) is 12.5 Å². The van der Waals surface area contributed by atoms with Crippen molar-refractivity contribution in [2.24, 2.45) is 0 Å². The molecule has 1 heterocycles. The van der Waals surface area contributed by atoms with Gasteiger partial charge in [0.1, 0.15) is 6.04 Å². The normalized spacial score (nSPS) is 11.8. The van der Waals surface area contributed by atoms with Crippen LogP contribution < -0.4 is 5.32 Å². The van der Waals surface area contributed by atoms with Crippen LogP contribution in [0, 0.1) is 0 Å². The van der Waals surface area contributed by atoms with Crippen LogP contribution in [0.25, 0.3) is 0 Å². The molecule has 0 amide bonds. The quantitative estimate of drug-likeness (QED) is 0.702. The molecule has 0 saturated heterocycles. The first-order valence-electron chi connectivity index (χ1n) is 7.78. The number of benzene rings is 2. The van der Waals surface area contributed by atoms with E-state index in [1.807, 2.05) is 65.4 Å². The predicted octanol–water partition coefficient (Wildman–Crippen LogP) is 3.04. The fraction of sp³-hybridized carbons (Fsp3) is 0.158. The number of hydrogen-bond donors (Lipinski definition) is 2. The minimum absolute atomic E-state index is 0.432. The van der Waals surface area contributed by atoms with E-state index in [9.17, 15) is 9.90 Å². The van der Waals surface area contributed by atoms with Crippen molar-refractivity contribution >= 4 is 11.7 Å². The van der Waals surface area contributed by atoms with Gasteiger partial charge in [-0.25, -0.2) is 9.78 Å². The Morgan fingerprint density at radius 2 is 1.92 bits per heavy atom. The molecule has 0 fully saturated rings. The Balaban J connectivity index is 1.71. The number of rotatable bonds is 7. The molecule has 0 aliphatic rings. The first kappa shape index (κ1) is 15.8. The molecular weight excluding hydrogens is 302 g/mol. The number of nitrogens with one attached hydrogen (secondary N) is 1. The first-order valence-corrected chi connectivity index (χ1v) is 7.78. The predicted molar refractivity (Wildman–Crippen MR) is 93.0 cm³/mol. The molecule has 3 aromatic rings. The van der Waals surface area contributed by atoms with Crippen LogP contribution >= 0.6 is 0 Å². The van der Waals surface area contributed by atoms with Crippen molar-refractivity contribution < 1.29 is 9.90 Å². The Bertz CT molecular complexity index is 785. The second-order valence-electron chi connectivity index (χ2n) is 5.66. The topological polar surface area (TPSA) is 67.2 Å². The largest absolute Gasteiger partial charge is 0.480 e. The number of anilines is 1. The van der Waals surface area contributed by atoms with Crippen LogP contribution in [-0.2, 0) is 17.8 Å². The van der Waals surface area contributed by atoms with Crippen LogP contribution in [0.4, 0.5) is 5.69 Å². The van der Waals surface area contributed by atoms with Crippen molar-refractivity contribution in [1.82, 2.24) is 9.55 Å². The van der Waals surface area contributed by atoms with Crippen molar-refractivity contribution in [2.75, 3.05) is 5.32 Å². The molecule has 5 heteroatoms. The molecule has 0 bridgehead atoms. The Morgan fingerprint density at radius 1 is 1.12 bits per heavy atom. The van der Waals surface area contributed by atoms with E-state index in [1.165, 1.54) is 0 Å². The molecule has 0 saturated carbocycles. The summed E-state index contributed by atoms with van der Waals surface area (Å²) in [5.74, 6) is -0.862. The van der Waals surface area contributed by atoms with Gasteiger partial charge in [-0.3, -0.25) is 0 Å². The van der Waals surface area contributed by atoms with Crippen LogP contribution in [0.3, 0.4) is 0 Å². The molecule has 0 unspecified atom stereocenters. The summed E-state index contributed by atoms with van der Waals surface area (Å²) in [5.41, 5.74) is 2.88. The SMILES string of the molecule is O=C(O)[C@H](Cc1ccccc1)Nc1cccc(Cn2ccnc2)c1. The fourth-order valence-electron chi connectivity index (χ4n) is 2.60. The summed E-state index contributed by atoms with van der Waals surface area (Å²) in [4.78, 5) is 15.6. The Morgan fingerprint density at radius 3 is 2.62 bits per heavy atom. The van der Waals surface area contributed by atoms with Crippen molar-refractivity contribution in [2.45, 2.75) is 19.0 Å². The van der Waals surface area contributed by atoms with Gasteiger partial charge < -0.3 is 15.0 Å². The van der Waals surface area contributed by atoms with Gasteiger partial charge in [0, 0.05) is 31.0 Å². The second kappa shape index (κ2) is 7.46. The van der Waals surface area contributed by atoms with E-state index in [0.717, 1.165) is 16.8 Å². The molecule has 0 aliphatic carbocycles.